The summed E-state index contributed by atoms with van der Waals surface area (Å²) >= 11 is 6.27. The predicted octanol–water partition coefficient (Wildman–Crippen LogP) is 2.91. The molecule has 1 aliphatic rings. The van der Waals surface area contributed by atoms with Gasteiger partial charge in [0.25, 0.3) is 0 Å². The highest BCUT2D eigenvalue weighted by atomic mass is 35.5. The predicted molar refractivity (Wildman–Crippen MR) is 104 cm³/mol. The van der Waals surface area contributed by atoms with Crippen molar-refractivity contribution in [2.75, 3.05) is 26.2 Å². The van der Waals surface area contributed by atoms with Gasteiger partial charge >= 0.3 is 0 Å². The van der Waals surface area contributed by atoms with Crippen LogP contribution in [0.15, 0.2) is 18.2 Å². The first-order valence-corrected chi connectivity index (χ1v) is 9.14. The molecule has 0 bridgehead atoms. The van der Waals surface area contributed by atoms with Gasteiger partial charge in [-0.25, -0.2) is 4.39 Å². The molecule has 1 fully saturated rings. The molecule has 3 N–H and O–H groups in total. The van der Waals surface area contributed by atoms with Crippen molar-refractivity contribution in [2.45, 2.75) is 44.9 Å². The van der Waals surface area contributed by atoms with E-state index in [1.165, 1.54) is 6.07 Å². The van der Waals surface area contributed by atoms with Crippen molar-refractivity contribution in [1.82, 2.24) is 10.2 Å². The molecule has 26 heavy (non-hydrogen) atoms. The molecule has 0 radical (unpaired) electrons. The fourth-order valence-corrected chi connectivity index (χ4v) is 3.43. The summed E-state index contributed by atoms with van der Waals surface area (Å²) in [5.41, 5.74) is 6.27. The Morgan fingerprint density at radius 1 is 1.54 bits per heavy atom. The highest BCUT2D eigenvalue weighted by Crippen LogP contribution is 2.31. The normalized spacial score (nSPS) is 20.1. The van der Waals surface area contributed by atoms with Crippen molar-refractivity contribution < 1.29 is 13.9 Å². The van der Waals surface area contributed by atoms with Gasteiger partial charge in [0.15, 0.2) is 0 Å². The van der Waals surface area contributed by atoms with Gasteiger partial charge in [0.2, 0.25) is 5.91 Å². The van der Waals surface area contributed by atoms with Crippen molar-refractivity contribution in [2.24, 2.45) is 5.73 Å². The molecular formula is C18H28Cl2FN3O2. The molecule has 8 heteroatoms. The Kier molecular flexibility index (Phi) is 9.82. The Labute approximate surface area is 165 Å². The molecule has 1 saturated heterocycles. The van der Waals surface area contributed by atoms with Crippen molar-refractivity contribution in [1.29, 1.82) is 0 Å². The molecule has 1 aromatic rings. The summed E-state index contributed by atoms with van der Waals surface area (Å²) in [6, 6.07) is 3.73. The van der Waals surface area contributed by atoms with Crippen LogP contribution in [0.4, 0.5) is 4.39 Å². The van der Waals surface area contributed by atoms with E-state index in [2.05, 4.69) is 10.2 Å². The molecule has 1 aliphatic heterocycles. The number of halogens is 3. The van der Waals surface area contributed by atoms with Crippen LogP contribution in [-0.2, 0) is 9.53 Å². The third kappa shape index (κ3) is 6.06. The molecule has 0 aromatic heterocycles. The van der Waals surface area contributed by atoms with Gasteiger partial charge in [-0.05, 0) is 25.5 Å². The van der Waals surface area contributed by atoms with Crippen LogP contribution >= 0.6 is 24.0 Å². The van der Waals surface area contributed by atoms with Gasteiger partial charge in [0.05, 0.1) is 24.8 Å². The van der Waals surface area contributed by atoms with Gasteiger partial charge < -0.3 is 15.8 Å². The van der Waals surface area contributed by atoms with Crippen LogP contribution < -0.4 is 11.1 Å². The topological polar surface area (TPSA) is 67.6 Å². The SMILES string of the molecule is CCCC(N)C(=O)NCC(c1c(F)cccc1Cl)N1CCOC(C)C1.Cl. The van der Waals surface area contributed by atoms with Crippen LogP contribution in [0.25, 0.3) is 0 Å². The number of hydrogen-bond donors (Lipinski definition) is 2. The molecule has 1 heterocycles. The van der Waals surface area contributed by atoms with Crippen molar-refractivity contribution in [3.63, 3.8) is 0 Å². The highest BCUT2D eigenvalue weighted by Gasteiger charge is 2.29. The van der Waals surface area contributed by atoms with E-state index in [1.54, 1.807) is 12.1 Å². The van der Waals surface area contributed by atoms with Crippen LogP contribution in [0.5, 0.6) is 0 Å². The number of carbonyl (C=O) groups excluding carboxylic acids is 1. The number of benzene rings is 1. The molecule has 1 aromatic carbocycles. The molecule has 1 amide bonds. The largest absolute Gasteiger partial charge is 0.376 e. The average Bonchev–Trinajstić information content (AvgIpc) is 2.57. The fraction of sp³-hybridized carbons (Fsp3) is 0.611. The number of rotatable bonds is 7. The Balaban J connectivity index is 0.00000338. The van der Waals surface area contributed by atoms with Gasteiger partial charge in [-0.15, -0.1) is 12.4 Å². The van der Waals surface area contributed by atoms with Gasteiger partial charge in [0.1, 0.15) is 5.82 Å². The number of nitrogens with two attached hydrogens (primary N) is 1. The zero-order chi connectivity index (χ0) is 18.4. The smallest absolute Gasteiger partial charge is 0.236 e. The van der Waals surface area contributed by atoms with E-state index in [9.17, 15) is 9.18 Å². The molecule has 0 saturated carbocycles. The lowest BCUT2D eigenvalue weighted by Crippen LogP contribution is -2.49. The maximum atomic E-state index is 14.5. The van der Waals surface area contributed by atoms with E-state index < -0.39 is 6.04 Å². The van der Waals surface area contributed by atoms with E-state index in [0.717, 1.165) is 6.42 Å². The number of carbonyl (C=O) groups is 1. The summed E-state index contributed by atoms with van der Waals surface area (Å²) in [5.74, 6) is -0.593. The van der Waals surface area contributed by atoms with Crippen molar-refractivity contribution >= 4 is 29.9 Å². The molecule has 148 valence electrons. The lowest BCUT2D eigenvalue weighted by Gasteiger charge is -2.38. The first-order valence-electron chi connectivity index (χ1n) is 8.76. The fourth-order valence-electron chi connectivity index (χ4n) is 3.14. The average molecular weight is 408 g/mol. The minimum Gasteiger partial charge on any atom is -0.376 e. The molecular weight excluding hydrogens is 380 g/mol. The first-order chi connectivity index (χ1) is 11.9. The Bertz CT molecular complexity index is 571. The zero-order valence-electron chi connectivity index (χ0n) is 15.2. The summed E-state index contributed by atoms with van der Waals surface area (Å²) < 4.78 is 20.1. The molecule has 3 unspecified atom stereocenters. The standard InChI is InChI=1S/C18H27ClFN3O2.ClH/c1-3-5-15(21)18(24)22-10-16(23-8-9-25-12(2)11-23)17-13(19)6-4-7-14(17)20;/h4,6-7,12,15-16H,3,5,8-11,21H2,1-2H3,(H,22,24);1H. The lowest BCUT2D eigenvalue weighted by atomic mass is 10.0. The van der Waals surface area contributed by atoms with E-state index in [4.69, 9.17) is 22.1 Å². The minimum atomic E-state index is -0.551. The van der Waals surface area contributed by atoms with Crippen LogP contribution in [0.3, 0.4) is 0 Å². The second-order valence-corrected chi connectivity index (χ2v) is 6.87. The molecule has 0 aliphatic carbocycles. The highest BCUT2D eigenvalue weighted by molar-refractivity contribution is 6.31. The van der Waals surface area contributed by atoms with Gasteiger partial charge in [-0.1, -0.05) is 31.0 Å². The Morgan fingerprint density at radius 2 is 2.27 bits per heavy atom. The van der Waals surface area contributed by atoms with Crippen molar-refractivity contribution in [3.05, 3.63) is 34.6 Å². The van der Waals surface area contributed by atoms with Gasteiger partial charge in [-0.3, -0.25) is 9.69 Å². The van der Waals surface area contributed by atoms with Crippen LogP contribution in [-0.4, -0.2) is 49.2 Å². The maximum Gasteiger partial charge on any atom is 0.236 e. The summed E-state index contributed by atoms with van der Waals surface area (Å²) in [6.45, 7) is 6.06. The Morgan fingerprint density at radius 3 is 2.88 bits per heavy atom. The van der Waals surface area contributed by atoms with Crippen molar-refractivity contribution in [3.8, 4) is 0 Å². The molecule has 5 nitrogen and oxygen atoms in total. The number of hydrogen-bond acceptors (Lipinski definition) is 4. The number of morpholine rings is 1. The first kappa shape index (κ1) is 23.1. The third-order valence-electron chi connectivity index (χ3n) is 4.45. The molecule has 2 rings (SSSR count). The third-order valence-corrected chi connectivity index (χ3v) is 4.78. The van der Waals surface area contributed by atoms with E-state index in [-0.39, 0.29) is 42.8 Å². The maximum absolute atomic E-state index is 14.5. The van der Waals surface area contributed by atoms with E-state index in [0.29, 0.717) is 36.7 Å². The summed E-state index contributed by atoms with van der Waals surface area (Å²) in [4.78, 5) is 14.3. The lowest BCUT2D eigenvalue weighted by molar-refractivity contribution is -0.123. The van der Waals surface area contributed by atoms with E-state index in [1.807, 2.05) is 13.8 Å². The van der Waals surface area contributed by atoms with Gasteiger partial charge in [0, 0.05) is 30.2 Å². The second kappa shape index (κ2) is 11.0. The quantitative estimate of drug-likeness (QED) is 0.728. The summed E-state index contributed by atoms with van der Waals surface area (Å²) in [5, 5.41) is 3.22. The number of nitrogens with one attached hydrogen (secondary N) is 1. The minimum absolute atomic E-state index is 0. The second-order valence-electron chi connectivity index (χ2n) is 6.47. The van der Waals surface area contributed by atoms with Crippen LogP contribution in [0.1, 0.15) is 38.3 Å². The summed E-state index contributed by atoms with van der Waals surface area (Å²) in [7, 11) is 0. The van der Waals surface area contributed by atoms with Crippen LogP contribution in [0.2, 0.25) is 5.02 Å². The van der Waals surface area contributed by atoms with Crippen LogP contribution in [0, 0.1) is 5.82 Å². The monoisotopic (exact) mass is 407 g/mol. The molecule has 0 spiro atoms. The summed E-state index contributed by atoms with van der Waals surface area (Å²) in [6.07, 6.45) is 1.49. The zero-order valence-corrected chi connectivity index (χ0v) is 16.8. The number of amides is 1. The number of ether oxygens (including phenoxy) is 1. The van der Waals surface area contributed by atoms with E-state index >= 15 is 0 Å². The molecule has 3 atom stereocenters. The Hall–Kier alpha value is -0.920. The van der Waals surface area contributed by atoms with Gasteiger partial charge in [-0.2, -0.15) is 0 Å². The number of nitrogens with zero attached hydrogens (tertiary/aromatic N) is 1.